The molecule has 6 nitrogen and oxygen atoms in total. The van der Waals surface area contributed by atoms with Gasteiger partial charge in [0, 0.05) is 17.0 Å². The molecule has 0 fully saturated rings. The number of nitrogens with one attached hydrogen (secondary N) is 1. The van der Waals surface area contributed by atoms with E-state index in [1.807, 2.05) is 0 Å². The number of amides is 1. The number of benzene rings is 1. The lowest BCUT2D eigenvalue weighted by molar-refractivity contribution is -0.384. The molecule has 0 bridgehead atoms. The van der Waals surface area contributed by atoms with E-state index in [1.54, 1.807) is 6.07 Å². The van der Waals surface area contributed by atoms with Crippen molar-refractivity contribution in [3.8, 4) is 6.07 Å². The Morgan fingerprint density at radius 2 is 2.30 bits per heavy atom. The Kier molecular flexibility index (Phi) is 5.59. The van der Waals surface area contributed by atoms with Gasteiger partial charge in [-0.15, -0.1) is 11.3 Å². The van der Waals surface area contributed by atoms with Gasteiger partial charge in [-0.3, -0.25) is 14.9 Å². The van der Waals surface area contributed by atoms with E-state index < -0.39 is 10.8 Å². The molecule has 0 saturated carbocycles. The first-order chi connectivity index (χ1) is 12.9. The molecule has 1 amide bonds. The second-order valence-corrected chi connectivity index (χ2v) is 7.97. The molecule has 0 spiro atoms. The highest BCUT2D eigenvalue weighted by molar-refractivity contribution is 7.16. The van der Waals surface area contributed by atoms with Crippen molar-refractivity contribution in [3.05, 3.63) is 61.0 Å². The number of nitriles is 1. The highest BCUT2D eigenvalue weighted by Crippen LogP contribution is 2.39. The topological polar surface area (TPSA) is 96.0 Å². The minimum absolute atomic E-state index is 0.0404. The van der Waals surface area contributed by atoms with E-state index in [2.05, 4.69) is 18.3 Å². The van der Waals surface area contributed by atoms with Crippen molar-refractivity contribution in [1.82, 2.24) is 0 Å². The largest absolute Gasteiger partial charge is 0.313 e. The molecule has 3 rings (SSSR count). The Hall–Kier alpha value is -2.69. The second-order valence-electron chi connectivity index (χ2n) is 6.46. The summed E-state index contributed by atoms with van der Waals surface area (Å²) >= 11 is 7.23. The third-order valence-corrected chi connectivity index (χ3v) is 5.94. The molecule has 1 aromatic carbocycles. The maximum atomic E-state index is 12.3. The average Bonchev–Trinajstić information content (AvgIpc) is 2.96. The quantitative estimate of drug-likeness (QED) is 0.445. The first-order valence-electron chi connectivity index (χ1n) is 8.36. The summed E-state index contributed by atoms with van der Waals surface area (Å²) in [5.74, 6) is 0.183. The summed E-state index contributed by atoms with van der Waals surface area (Å²) < 4.78 is 0. The van der Waals surface area contributed by atoms with Gasteiger partial charge in [-0.25, -0.2) is 0 Å². The average molecular weight is 402 g/mol. The molecule has 0 radical (unpaired) electrons. The van der Waals surface area contributed by atoms with E-state index in [0.29, 0.717) is 22.0 Å². The van der Waals surface area contributed by atoms with Crippen LogP contribution in [0.1, 0.15) is 34.9 Å². The van der Waals surface area contributed by atoms with E-state index in [4.69, 9.17) is 11.6 Å². The third-order valence-electron chi connectivity index (χ3n) is 4.45. The van der Waals surface area contributed by atoms with Gasteiger partial charge in [-0.05, 0) is 48.4 Å². The van der Waals surface area contributed by atoms with Crippen molar-refractivity contribution in [2.45, 2.75) is 26.2 Å². The first kappa shape index (κ1) is 19.1. The van der Waals surface area contributed by atoms with Crippen LogP contribution in [0, 0.1) is 27.4 Å². The van der Waals surface area contributed by atoms with Gasteiger partial charge in [0.05, 0.1) is 10.5 Å². The van der Waals surface area contributed by atoms with Crippen molar-refractivity contribution in [3.63, 3.8) is 0 Å². The number of nitro groups is 1. The zero-order valence-corrected chi connectivity index (χ0v) is 16.1. The summed E-state index contributed by atoms with van der Waals surface area (Å²) in [6.45, 7) is 2.18. The summed E-state index contributed by atoms with van der Waals surface area (Å²) in [5, 5.41) is 23.8. The molecular formula is C19H16ClN3O3S. The van der Waals surface area contributed by atoms with Crippen molar-refractivity contribution >= 4 is 45.6 Å². The van der Waals surface area contributed by atoms with E-state index in [-0.39, 0.29) is 10.7 Å². The molecule has 1 aliphatic carbocycles. The molecule has 138 valence electrons. The Morgan fingerprint density at radius 1 is 1.52 bits per heavy atom. The molecule has 1 atom stereocenters. The van der Waals surface area contributed by atoms with Gasteiger partial charge in [-0.2, -0.15) is 5.26 Å². The fourth-order valence-corrected chi connectivity index (χ4v) is 4.61. The maximum Gasteiger partial charge on any atom is 0.288 e. The predicted molar refractivity (Wildman–Crippen MR) is 106 cm³/mol. The fourth-order valence-electron chi connectivity index (χ4n) is 3.06. The highest BCUT2D eigenvalue weighted by atomic mass is 35.5. The van der Waals surface area contributed by atoms with Crippen LogP contribution in [0.5, 0.6) is 0 Å². The lowest BCUT2D eigenvalue weighted by atomic mass is 9.89. The summed E-state index contributed by atoms with van der Waals surface area (Å²) in [5.41, 5.74) is 1.87. The van der Waals surface area contributed by atoms with Gasteiger partial charge in [0.15, 0.2) is 0 Å². The van der Waals surface area contributed by atoms with E-state index >= 15 is 0 Å². The van der Waals surface area contributed by atoms with Gasteiger partial charge < -0.3 is 5.32 Å². The maximum absolute atomic E-state index is 12.3. The number of hydrogen-bond donors (Lipinski definition) is 1. The van der Waals surface area contributed by atoms with E-state index in [9.17, 15) is 20.2 Å². The summed E-state index contributed by atoms with van der Waals surface area (Å²) in [6, 6.07) is 6.51. The number of thiophene rings is 1. The van der Waals surface area contributed by atoms with Crippen molar-refractivity contribution in [1.29, 1.82) is 5.26 Å². The molecule has 1 aliphatic rings. The molecule has 0 saturated heterocycles. The number of hydrogen-bond acceptors (Lipinski definition) is 5. The van der Waals surface area contributed by atoms with Crippen LogP contribution >= 0.6 is 22.9 Å². The number of rotatable bonds is 4. The molecule has 1 heterocycles. The summed E-state index contributed by atoms with van der Waals surface area (Å²) in [6.07, 6.45) is 5.58. The normalized spacial score (nSPS) is 16.0. The van der Waals surface area contributed by atoms with Crippen molar-refractivity contribution < 1.29 is 9.72 Å². The van der Waals surface area contributed by atoms with E-state index in [1.165, 1.54) is 35.6 Å². The zero-order valence-electron chi connectivity index (χ0n) is 14.5. The van der Waals surface area contributed by atoms with Gasteiger partial charge in [-0.1, -0.05) is 24.6 Å². The van der Waals surface area contributed by atoms with Crippen molar-refractivity contribution in [2.24, 2.45) is 5.92 Å². The van der Waals surface area contributed by atoms with Crippen molar-refractivity contribution in [2.75, 3.05) is 5.32 Å². The van der Waals surface area contributed by atoms with Crippen LogP contribution in [0.3, 0.4) is 0 Å². The van der Waals surface area contributed by atoms with E-state index in [0.717, 1.165) is 29.7 Å². The predicted octanol–water partition coefficient (Wildman–Crippen LogP) is 4.96. The fraction of sp³-hybridized carbons (Fsp3) is 0.263. The van der Waals surface area contributed by atoms with Gasteiger partial charge >= 0.3 is 0 Å². The van der Waals surface area contributed by atoms with Crippen LogP contribution in [-0.4, -0.2) is 10.8 Å². The minimum atomic E-state index is -0.573. The third kappa shape index (κ3) is 4.18. The Balaban J connectivity index is 1.77. The molecular weight excluding hydrogens is 386 g/mol. The lowest BCUT2D eigenvalue weighted by Gasteiger charge is -2.17. The van der Waals surface area contributed by atoms with Crippen LogP contribution in [0.2, 0.25) is 5.02 Å². The van der Waals surface area contributed by atoms with Crippen LogP contribution in [0.15, 0.2) is 24.3 Å². The number of carbonyl (C=O) groups is 1. The number of nitro benzene ring substituents is 1. The number of carbonyl (C=O) groups excluding carboxylic acids is 1. The Bertz CT molecular complexity index is 991. The monoisotopic (exact) mass is 401 g/mol. The smallest absolute Gasteiger partial charge is 0.288 e. The molecule has 0 aliphatic heterocycles. The van der Waals surface area contributed by atoms with Gasteiger partial charge in [0.1, 0.15) is 16.1 Å². The Labute approximate surface area is 165 Å². The molecule has 0 unspecified atom stereocenters. The van der Waals surface area contributed by atoms with Crippen LogP contribution in [0.4, 0.5) is 10.7 Å². The van der Waals surface area contributed by atoms with Crippen LogP contribution in [0.25, 0.3) is 6.08 Å². The Morgan fingerprint density at radius 3 is 3.00 bits per heavy atom. The van der Waals surface area contributed by atoms with Gasteiger partial charge in [0.2, 0.25) is 5.91 Å². The highest BCUT2D eigenvalue weighted by Gasteiger charge is 2.24. The summed E-state index contributed by atoms with van der Waals surface area (Å²) in [7, 11) is 0. The SMILES string of the molecule is C[C@H]1CCc2c(sc(NC(=O)/C=C/c3ccc(Cl)c([N+](=O)[O-])c3)c2C#N)C1. The number of halogens is 1. The number of anilines is 1. The lowest BCUT2D eigenvalue weighted by Crippen LogP contribution is -2.10. The van der Waals surface area contributed by atoms with Gasteiger partial charge in [0.25, 0.3) is 5.69 Å². The summed E-state index contributed by atoms with van der Waals surface area (Å²) in [4.78, 5) is 23.8. The van der Waals surface area contributed by atoms with Crippen LogP contribution in [-0.2, 0) is 17.6 Å². The second kappa shape index (κ2) is 7.91. The molecule has 8 heteroatoms. The number of nitrogens with zero attached hydrogens (tertiary/aromatic N) is 2. The molecule has 1 N–H and O–H groups in total. The first-order valence-corrected chi connectivity index (χ1v) is 9.56. The number of fused-ring (bicyclic) bond motifs is 1. The molecule has 2 aromatic rings. The zero-order chi connectivity index (χ0) is 19.6. The minimum Gasteiger partial charge on any atom is -0.313 e. The van der Waals surface area contributed by atoms with Crippen LogP contribution < -0.4 is 5.32 Å². The molecule has 27 heavy (non-hydrogen) atoms. The molecule has 1 aromatic heterocycles. The standard InChI is InChI=1S/C19H16ClN3O3S/c1-11-2-5-13-14(10-21)19(27-17(13)8-11)22-18(24)7-4-12-3-6-15(20)16(9-12)23(25)26/h3-4,6-7,9,11H,2,5,8H2,1H3,(H,22,24)/b7-4+/t11-/m0/s1.